The van der Waals surface area contributed by atoms with Crippen LogP contribution in [0.25, 0.3) is 0 Å². The van der Waals surface area contributed by atoms with E-state index in [0.29, 0.717) is 13.2 Å². The van der Waals surface area contributed by atoms with Crippen LogP contribution < -0.4 is 14.8 Å². The molecule has 4 rings (SSSR count). The molecule has 1 N–H and O–H groups in total. The van der Waals surface area contributed by atoms with Crippen LogP contribution in [0.4, 0.5) is 0 Å². The van der Waals surface area contributed by atoms with Crippen LogP contribution in [-0.4, -0.2) is 19.8 Å². The number of hydrogen-bond acceptors (Lipinski definition) is 3. The van der Waals surface area contributed by atoms with Gasteiger partial charge in [-0.15, -0.1) is 0 Å². The summed E-state index contributed by atoms with van der Waals surface area (Å²) in [5, 5.41) is 3.66. The number of hydrogen-bond donors (Lipinski definition) is 1. The van der Waals surface area contributed by atoms with Crippen LogP contribution in [0.15, 0.2) is 30.3 Å². The van der Waals surface area contributed by atoms with Crippen LogP contribution in [0.2, 0.25) is 0 Å². The van der Waals surface area contributed by atoms with E-state index in [1.165, 1.54) is 27.8 Å². The van der Waals surface area contributed by atoms with Gasteiger partial charge in [0, 0.05) is 6.54 Å². The van der Waals surface area contributed by atoms with Crippen molar-refractivity contribution >= 4 is 0 Å². The zero-order valence-electron chi connectivity index (χ0n) is 13.1. The lowest BCUT2D eigenvalue weighted by Gasteiger charge is -2.30. The third-order valence-corrected chi connectivity index (χ3v) is 4.44. The number of aryl methyl sites for hydroxylation is 2. The van der Waals surface area contributed by atoms with Gasteiger partial charge in [0.2, 0.25) is 0 Å². The topological polar surface area (TPSA) is 30.5 Å². The second-order valence-electron chi connectivity index (χ2n) is 6.25. The first-order valence-corrected chi connectivity index (χ1v) is 7.95. The number of nitrogens with one attached hydrogen (secondary N) is 1. The van der Waals surface area contributed by atoms with E-state index in [-0.39, 0.29) is 6.04 Å². The summed E-state index contributed by atoms with van der Waals surface area (Å²) in [6, 6.07) is 11.3. The first-order chi connectivity index (χ1) is 10.7. The fourth-order valence-electron chi connectivity index (χ4n) is 3.57. The van der Waals surface area contributed by atoms with E-state index < -0.39 is 0 Å². The average Bonchev–Trinajstić information content (AvgIpc) is 2.51. The van der Waals surface area contributed by atoms with Crippen molar-refractivity contribution in [3.05, 3.63) is 58.1 Å². The molecular weight excluding hydrogens is 274 g/mol. The fraction of sp³-hybridized carbons (Fsp3) is 0.368. The number of ether oxygens (including phenoxy) is 2. The van der Waals surface area contributed by atoms with Crippen LogP contribution >= 0.6 is 0 Å². The molecule has 22 heavy (non-hydrogen) atoms. The molecule has 2 aliphatic rings. The summed E-state index contributed by atoms with van der Waals surface area (Å²) in [5.74, 6) is 1.77. The minimum atomic E-state index is 0.234. The number of fused-ring (bicyclic) bond motifs is 2. The lowest BCUT2D eigenvalue weighted by atomic mass is 9.88. The zero-order chi connectivity index (χ0) is 15.1. The van der Waals surface area contributed by atoms with E-state index in [4.69, 9.17) is 9.47 Å². The molecule has 1 atom stereocenters. The SMILES string of the molecule is Cc1cc(C)cc(C2NCCc3cc4c(cc32)OCCO4)c1. The summed E-state index contributed by atoms with van der Waals surface area (Å²) in [5.41, 5.74) is 6.63. The van der Waals surface area contributed by atoms with Gasteiger partial charge in [-0.2, -0.15) is 0 Å². The van der Waals surface area contributed by atoms with Crippen LogP contribution in [-0.2, 0) is 6.42 Å². The molecule has 3 heteroatoms. The Morgan fingerprint density at radius 1 is 0.909 bits per heavy atom. The molecule has 0 spiro atoms. The third-order valence-electron chi connectivity index (χ3n) is 4.44. The molecule has 0 bridgehead atoms. The molecule has 2 aromatic rings. The van der Waals surface area contributed by atoms with Crippen molar-refractivity contribution in [1.29, 1.82) is 0 Å². The van der Waals surface area contributed by atoms with Crippen molar-refractivity contribution in [2.45, 2.75) is 26.3 Å². The Bertz CT molecular complexity index is 703. The highest BCUT2D eigenvalue weighted by Gasteiger charge is 2.25. The predicted octanol–water partition coefficient (Wildman–Crippen LogP) is 3.31. The largest absolute Gasteiger partial charge is 0.486 e. The minimum absolute atomic E-state index is 0.234. The van der Waals surface area contributed by atoms with Gasteiger partial charge >= 0.3 is 0 Å². The molecule has 2 aliphatic heterocycles. The van der Waals surface area contributed by atoms with Gasteiger partial charge in [-0.1, -0.05) is 29.3 Å². The quantitative estimate of drug-likeness (QED) is 0.875. The Morgan fingerprint density at radius 3 is 2.32 bits per heavy atom. The molecule has 0 fully saturated rings. The molecule has 0 amide bonds. The van der Waals surface area contributed by atoms with Gasteiger partial charge in [0.25, 0.3) is 0 Å². The molecule has 0 aromatic heterocycles. The number of benzene rings is 2. The molecule has 114 valence electrons. The van der Waals surface area contributed by atoms with Crippen molar-refractivity contribution in [1.82, 2.24) is 5.32 Å². The van der Waals surface area contributed by atoms with Crippen molar-refractivity contribution in [2.24, 2.45) is 0 Å². The maximum atomic E-state index is 5.77. The molecule has 0 aliphatic carbocycles. The van der Waals surface area contributed by atoms with Crippen LogP contribution in [0.3, 0.4) is 0 Å². The molecule has 1 unspecified atom stereocenters. The van der Waals surface area contributed by atoms with Crippen molar-refractivity contribution in [2.75, 3.05) is 19.8 Å². The Kier molecular flexibility index (Phi) is 3.30. The number of rotatable bonds is 1. The molecule has 0 saturated heterocycles. The Labute approximate surface area is 131 Å². The molecule has 2 aromatic carbocycles. The zero-order valence-corrected chi connectivity index (χ0v) is 13.1. The summed E-state index contributed by atoms with van der Waals surface area (Å²) in [6.07, 6.45) is 1.03. The van der Waals surface area contributed by atoms with Gasteiger partial charge in [-0.05, 0) is 49.1 Å². The van der Waals surface area contributed by atoms with E-state index in [2.05, 4.69) is 49.5 Å². The van der Waals surface area contributed by atoms with Crippen LogP contribution in [0.5, 0.6) is 11.5 Å². The summed E-state index contributed by atoms with van der Waals surface area (Å²) < 4.78 is 11.5. The highest BCUT2D eigenvalue weighted by Crippen LogP contribution is 2.39. The maximum Gasteiger partial charge on any atom is 0.161 e. The lowest BCUT2D eigenvalue weighted by molar-refractivity contribution is 0.171. The third kappa shape index (κ3) is 2.35. The van der Waals surface area contributed by atoms with Crippen molar-refractivity contribution in [3.63, 3.8) is 0 Å². The molecule has 0 saturated carbocycles. The highest BCUT2D eigenvalue weighted by atomic mass is 16.6. The normalized spacial score (nSPS) is 19.6. The standard InChI is InChI=1S/C19H21NO2/c1-12-7-13(2)9-15(8-12)19-16-11-18-17(21-5-6-22-18)10-14(16)3-4-20-19/h7-11,19-20H,3-6H2,1-2H3. The molecular formula is C19H21NO2. The molecule has 0 radical (unpaired) electrons. The maximum absolute atomic E-state index is 5.77. The van der Waals surface area contributed by atoms with Gasteiger partial charge in [0.1, 0.15) is 13.2 Å². The van der Waals surface area contributed by atoms with E-state index in [1.54, 1.807) is 0 Å². The van der Waals surface area contributed by atoms with E-state index in [1.807, 2.05) is 0 Å². The van der Waals surface area contributed by atoms with Gasteiger partial charge in [0.05, 0.1) is 6.04 Å². The van der Waals surface area contributed by atoms with E-state index >= 15 is 0 Å². The van der Waals surface area contributed by atoms with Crippen LogP contribution in [0, 0.1) is 13.8 Å². The molecule has 3 nitrogen and oxygen atoms in total. The fourth-order valence-corrected chi connectivity index (χ4v) is 3.57. The summed E-state index contributed by atoms with van der Waals surface area (Å²) in [7, 11) is 0. The van der Waals surface area contributed by atoms with Crippen molar-refractivity contribution in [3.8, 4) is 11.5 Å². The lowest BCUT2D eigenvalue weighted by Crippen LogP contribution is -2.31. The first kappa shape index (κ1) is 13.6. The smallest absolute Gasteiger partial charge is 0.161 e. The summed E-state index contributed by atoms with van der Waals surface area (Å²) in [4.78, 5) is 0. The Morgan fingerprint density at radius 2 is 1.59 bits per heavy atom. The Balaban J connectivity index is 1.81. The Hall–Kier alpha value is -2.00. The van der Waals surface area contributed by atoms with Gasteiger partial charge in [-0.25, -0.2) is 0 Å². The minimum Gasteiger partial charge on any atom is -0.486 e. The monoisotopic (exact) mass is 295 g/mol. The van der Waals surface area contributed by atoms with Gasteiger partial charge in [-0.3, -0.25) is 0 Å². The van der Waals surface area contributed by atoms with Crippen LogP contribution in [0.1, 0.15) is 33.9 Å². The second-order valence-corrected chi connectivity index (χ2v) is 6.25. The van der Waals surface area contributed by atoms with E-state index in [9.17, 15) is 0 Å². The molecule has 2 heterocycles. The van der Waals surface area contributed by atoms with Crippen molar-refractivity contribution < 1.29 is 9.47 Å². The highest BCUT2D eigenvalue weighted by molar-refractivity contribution is 5.52. The van der Waals surface area contributed by atoms with E-state index in [0.717, 1.165) is 24.5 Å². The second kappa shape index (κ2) is 5.33. The van der Waals surface area contributed by atoms with Gasteiger partial charge in [0.15, 0.2) is 11.5 Å². The average molecular weight is 295 g/mol. The van der Waals surface area contributed by atoms with Gasteiger partial charge < -0.3 is 14.8 Å². The first-order valence-electron chi connectivity index (χ1n) is 7.95. The predicted molar refractivity (Wildman–Crippen MR) is 86.9 cm³/mol. The summed E-state index contributed by atoms with van der Waals surface area (Å²) >= 11 is 0. The summed E-state index contributed by atoms with van der Waals surface area (Å²) in [6.45, 7) is 6.58.